The van der Waals surface area contributed by atoms with Gasteiger partial charge in [-0.3, -0.25) is 0 Å². The number of rotatable bonds is 8. The van der Waals surface area contributed by atoms with E-state index >= 15 is 0 Å². The Morgan fingerprint density at radius 1 is 0.550 bits per heavy atom. The van der Waals surface area contributed by atoms with Crippen LogP contribution in [0.25, 0.3) is 27.9 Å². The average molecular weight is 1020 g/mol. The van der Waals surface area contributed by atoms with Gasteiger partial charge in [-0.05, 0) is 12.1 Å². The topological polar surface area (TPSA) is 49.7 Å². The number of anilines is 7. The van der Waals surface area contributed by atoms with E-state index in [0.29, 0.717) is 11.5 Å². The van der Waals surface area contributed by atoms with E-state index in [-0.39, 0.29) is 36.0 Å². The predicted molar refractivity (Wildman–Crippen MR) is 238 cm³/mol. The van der Waals surface area contributed by atoms with Gasteiger partial charge in [-0.2, -0.15) is 0 Å². The summed E-state index contributed by atoms with van der Waals surface area (Å²) in [4.78, 5) is 16.2. The first-order chi connectivity index (χ1) is 29.3. The molecule has 11 rings (SSSR count). The second-order valence-electron chi connectivity index (χ2n) is 14.0. The van der Waals surface area contributed by atoms with Gasteiger partial charge in [0.1, 0.15) is 0 Å². The molecular weight excluding hydrogens is 987 g/mol. The summed E-state index contributed by atoms with van der Waals surface area (Å²) in [5, 5.41) is 0. The number of fused-ring (bicyclic) bond motifs is 3. The van der Waals surface area contributed by atoms with Gasteiger partial charge in [0.05, 0.1) is 0 Å². The Morgan fingerprint density at radius 2 is 1.20 bits per heavy atom. The molecule has 292 valence electrons. The summed E-state index contributed by atoms with van der Waals surface area (Å²) < 4.78 is 11.2. The van der Waals surface area contributed by atoms with E-state index in [9.17, 15) is 0 Å². The van der Waals surface area contributed by atoms with Crippen molar-refractivity contribution in [2.75, 3.05) is 14.7 Å². The van der Waals surface area contributed by atoms with Gasteiger partial charge in [-0.15, -0.1) is 0 Å². The minimum absolute atomic E-state index is 0. The second-order valence-corrected chi connectivity index (χ2v) is 16.3. The number of pyridine rings is 1. The molecule has 4 heterocycles. The van der Waals surface area contributed by atoms with Crippen molar-refractivity contribution in [3.63, 3.8) is 0 Å². The number of ether oxygens (including phenoxy) is 1. The summed E-state index contributed by atoms with van der Waals surface area (Å²) in [5.41, 5.74) is 11.4. The molecule has 0 radical (unpaired) electrons. The average Bonchev–Trinajstić information content (AvgIpc) is 3.95. The fourth-order valence-electron chi connectivity index (χ4n) is 7.82. The second kappa shape index (κ2) is 16.2. The Bertz CT molecular complexity index is 2900. The van der Waals surface area contributed by atoms with Crippen molar-refractivity contribution in [3.8, 4) is 39.4 Å². The van der Waals surface area contributed by atoms with E-state index in [4.69, 9.17) is 9.72 Å². The van der Waals surface area contributed by atoms with Crippen LogP contribution in [0.5, 0.6) is 11.5 Å². The van der Waals surface area contributed by atoms with Gasteiger partial charge >= 0.3 is 314 Å². The fourth-order valence-corrected chi connectivity index (χ4v) is 9.90. The summed E-state index contributed by atoms with van der Waals surface area (Å²) >= 11 is 0.00333. The van der Waals surface area contributed by atoms with E-state index in [2.05, 4.69) is 189 Å². The fraction of sp³-hybridized carbons (Fsp3) is 0. The molecule has 7 aromatic carbocycles. The molecule has 0 unspecified atom stereocenters. The van der Waals surface area contributed by atoms with Gasteiger partial charge in [-0.1, -0.05) is 24.3 Å². The van der Waals surface area contributed by atoms with Crippen molar-refractivity contribution in [2.45, 2.75) is 0 Å². The van der Waals surface area contributed by atoms with Gasteiger partial charge in [0.15, 0.2) is 0 Å². The van der Waals surface area contributed by atoms with Crippen LogP contribution in [0.1, 0.15) is 0 Å². The van der Waals surface area contributed by atoms with Crippen LogP contribution in [0.3, 0.4) is 0 Å². The molecular formula is C51H33N6OPtSe-3. The molecule has 0 saturated carbocycles. The van der Waals surface area contributed by atoms with Crippen LogP contribution in [-0.4, -0.2) is 29.5 Å². The van der Waals surface area contributed by atoms with Crippen LogP contribution in [0.2, 0.25) is 0 Å². The van der Waals surface area contributed by atoms with Crippen molar-refractivity contribution < 1.29 is 25.8 Å². The zero-order chi connectivity index (χ0) is 39.1. The van der Waals surface area contributed by atoms with Crippen LogP contribution < -0.4 is 28.4 Å². The molecule has 7 nitrogen and oxygen atoms in total. The Labute approximate surface area is 369 Å². The van der Waals surface area contributed by atoms with Crippen molar-refractivity contribution in [2.24, 2.45) is 0 Å². The minimum atomic E-state index is 0. The summed E-state index contributed by atoms with van der Waals surface area (Å²) in [7, 11) is 0. The third kappa shape index (κ3) is 6.79. The number of benzene rings is 7. The zero-order valence-corrected chi connectivity index (χ0v) is 35.9. The standard InChI is InChI=1S/C51H33N6OSe.Pt/c1-4-14-36(15-5-1)42-22-13-23-43(37-16-6-2-7-17-37)50(42)54-31-30-53-51(54)57-46-33-41(26-27-48(46)59-49-28-29-52-34-47(49)57)58-40-21-12-20-39(32-40)56-35-55(38-18-8-3-9-19-38)44-24-10-11-25-45(44)56;/h1-31,34-35H;/q-3;. The van der Waals surface area contributed by atoms with Gasteiger partial charge in [0.2, 0.25) is 0 Å². The molecule has 0 N–H and O–H groups in total. The van der Waals surface area contributed by atoms with E-state index in [1.807, 2.05) is 49.1 Å². The Kier molecular flexibility index (Phi) is 10.1. The molecule has 0 saturated heterocycles. The molecule has 2 aromatic heterocycles. The molecule has 0 bridgehead atoms. The van der Waals surface area contributed by atoms with Crippen LogP contribution >= 0.6 is 0 Å². The quantitative estimate of drug-likeness (QED) is 0.112. The van der Waals surface area contributed by atoms with Gasteiger partial charge in [-0.25, -0.2) is 0 Å². The molecule has 9 heteroatoms. The van der Waals surface area contributed by atoms with Crippen molar-refractivity contribution in [1.29, 1.82) is 0 Å². The summed E-state index contributed by atoms with van der Waals surface area (Å²) in [6.45, 7) is 2.10. The first-order valence-electron chi connectivity index (χ1n) is 19.3. The molecule has 60 heavy (non-hydrogen) atoms. The molecule has 9 aromatic rings. The maximum atomic E-state index is 6.64. The normalized spacial score (nSPS) is 12.6. The number of imidazole rings is 1. The van der Waals surface area contributed by atoms with Crippen LogP contribution in [0, 0.1) is 18.8 Å². The van der Waals surface area contributed by atoms with E-state index in [0.717, 1.165) is 68.0 Å². The molecule has 0 atom stereocenters. The number of nitrogens with zero attached hydrogens (tertiary/aromatic N) is 6. The zero-order valence-electron chi connectivity index (χ0n) is 31.9. The molecule has 2 aliphatic heterocycles. The SMILES string of the molecule is [Pt].[c-]1c(Oc2[c-]c3c(cc2)[Se]c2ccncc2N3c2nccn2-c2c(-c3ccccc3)cccc2-c2ccccc2)cccc1N1[CH-]N(c2ccccc2)c2ccccc21. The van der Waals surface area contributed by atoms with Crippen molar-refractivity contribution >= 4 is 64.0 Å². The van der Waals surface area contributed by atoms with E-state index < -0.39 is 0 Å². The molecule has 2 aliphatic rings. The molecule has 0 fully saturated rings. The summed E-state index contributed by atoms with van der Waals surface area (Å²) in [6, 6.07) is 65.8. The first-order valence-corrected chi connectivity index (χ1v) is 21.0. The van der Waals surface area contributed by atoms with Gasteiger partial charge in [0, 0.05) is 21.1 Å². The van der Waals surface area contributed by atoms with E-state index in [1.54, 1.807) is 0 Å². The van der Waals surface area contributed by atoms with Crippen molar-refractivity contribution in [1.82, 2.24) is 14.5 Å². The maximum absolute atomic E-state index is 6.64. The first kappa shape index (κ1) is 37.6. The van der Waals surface area contributed by atoms with Crippen LogP contribution in [0.15, 0.2) is 195 Å². The molecule has 0 spiro atoms. The Morgan fingerprint density at radius 3 is 1.93 bits per heavy atom. The molecule has 0 amide bonds. The monoisotopic (exact) mass is 1020 g/mol. The Balaban J connectivity index is 0.00000433. The Hall–Kier alpha value is -6.69. The summed E-state index contributed by atoms with van der Waals surface area (Å²) in [5.74, 6) is 1.89. The number of hydrogen-bond donors (Lipinski definition) is 0. The van der Waals surface area contributed by atoms with Gasteiger partial charge in [0.25, 0.3) is 0 Å². The number of para-hydroxylation sites is 4. The van der Waals surface area contributed by atoms with Crippen LogP contribution in [0.4, 0.5) is 40.1 Å². The third-order valence-electron chi connectivity index (χ3n) is 10.5. The molecule has 0 aliphatic carbocycles. The van der Waals surface area contributed by atoms with E-state index in [1.165, 1.54) is 8.92 Å². The van der Waals surface area contributed by atoms with Crippen molar-refractivity contribution in [3.05, 3.63) is 213 Å². The number of hydrogen-bond acceptors (Lipinski definition) is 6. The summed E-state index contributed by atoms with van der Waals surface area (Å²) in [6.07, 6.45) is 7.72. The van der Waals surface area contributed by atoms with Gasteiger partial charge < -0.3 is 0 Å². The number of aromatic nitrogens is 3. The van der Waals surface area contributed by atoms with Crippen LogP contribution in [-0.2, 0) is 21.1 Å². The predicted octanol–water partition coefficient (Wildman–Crippen LogP) is 10.8. The third-order valence-corrected chi connectivity index (χ3v) is 12.8.